The van der Waals surface area contributed by atoms with Crippen molar-refractivity contribution < 1.29 is 4.39 Å². The average molecular weight is 335 g/mol. The number of anilines is 1. The van der Waals surface area contributed by atoms with E-state index in [-0.39, 0.29) is 23.7 Å². The number of nitriles is 1. The van der Waals surface area contributed by atoms with Gasteiger partial charge in [0.15, 0.2) is 0 Å². The average Bonchev–Trinajstić information content (AvgIpc) is 3.03. The number of hydrogen-bond donors (Lipinski definition) is 2. The van der Waals surface area contributed by atoms with Crippen LogP contribution in [-0.2, 0) is 6.42 Å². The van der Waals surface area contributed by atoms with Gasteiger partial charge in [0, 0.05) is 18.2 Å². The topological polar surface area (TPSA) is 77.4 Å². The highest BCUT2D eigenvalue weighted by atomic mass is 19.1. The summed E-state index contributed by atoms with van der Waals surface area (Å²) in [7, 11) is 0. The van der Waals surface area contributed by atoms with Crippen molar-refractivity contribution in [1.82, 2.24) is 15.2 Å². The van der Waals surface area contributed by atoms with Gasteiger partial charge >= 0.3 is 0 Å². The quantitative estimate of drug-likeness (QED) is 0.741. The molecular formula is C19H18FN5. The number of aromatic nitrogens is 3. The van der Waals surface area contributed by atoms with E-state index in [1.807, 2.05) is 56.3 Å². The minimum Gasteiger partial charge on any atom is -0.362 e. The van der Waals surface area contributed by atoms with Crippen molar-refractivity contribution in [3.8, 4) is 6.07 Å². The van der Waals surface area contributed by atoms with Gasteiger partial charge in [-0.15, -0.1) is 0 Å². The Balaban J connectivity index is 1.89. The molecule has 0 bridgehead atoms. The number of pyridine rings is 1. The van der Waals surface area contributed by atoms with E-state index in [0.29, 0.717) is 11.5 Å². The number of H-pyrrole nitrogens is 1. The second-order valence-corrected chi connectivity index (χ2v) is 5.92. The summed E-state index contributed by atoms with van der Waals surface area (Å²) in [5.74, 6) is -0.127. The third kappa shape index (κ3) is 3.83. The fourth-order valence-electron chi connectivity index (χ4n) is 2.61. The van der Waals surface area contributed by atoms with Crippen LogP contribution in [0.5, 0.6) is 0 Å². The van der Waals surface area contributed by atoms with Gasteiger partial charge in [-0.05, 0) is 31.5 Å². The molecule has 0 aliphatic rings. The van der Waals surface area contributed by atoms with Gasteiger partial charge in [-0.25, -0.2) is 9.37 Å². The van der Waals surface area contributed by atoms with Crippen LogP contribution in [0.1, 0.15) is 41.2 Å². The van der Waals surface area contributed by atoms with Crippen molar-refractivity contribution in [3.05, 3.63) is 76.5 Å². The summed E-state index contributed by atoms with van der Waals surface area (Å²) in [5, 5.41) is 19.5. The van der Waals surface area contributed by atoms with E-state index >= 15 is 0 Å². The summed E-state index contributed by atoms with van der Waals surface area (Å²) in [6, 6.07) is 14.8. The summed E-state index contributed by atoms with van der Waals surface area (Å²) in [6.45, 7) is 3.85. The summed E-state index contributed by atoms with van der Waals surface area (Å²) >= 11 is 0. The molecule has 2 aromatic heterocycles. The maximum absolute atomic E-state index is 14.3. The highest BCUT2D eigenvalue weighted by Crippen LogP contribution is 2.23. The molecule has 0 fully saturated rings. The zero-order valence-corrected chi connectivity index (χ0v) is 14.0. The summed E-state index contributed by atoms with van der Waals surface area (Å²) in [4.78, 5) is 4.35. The Bertz CT molecular complexity index is 911. The van der Waals surface area contributed by atoms with E-state index in [1.54, 1.807) is 0 Å². The molecule has 5 nitrogen and oxygen atoms in total. The van der Waals surface area contributed by atoms with Crippen molar-refractivity contribution in [2.45, 2.75) is 26.3 Å². The zero-order chi connectivity index (χ0) is 17.8. The molecule has 1 aromatic carbocycles. The largest absolute Gasteiger partial charge is 0.362 e. The summed E-state index contributed by atoms with van der Waals surface area (Å²) in [6.07, 6.45) is 0.260. The van der Waals surface area contributed by atoms with E-state index in [9.17, 15) is 9.65 Å². The molecule has 126 valence electrons. The predicted molar refractivity (Wildman–Crippen MR) is 93.5 cm³/mol. The molecule has 3 rings (SSSR count). The van der Waals surface area contributed by atoms with Crippen LogP contribution >= 0.6 is 0 Å². The minimum atomic E-state index is -0.505. The lowest BCUT2D eigenvalue weighted by atomic mass is 10.1. The van der Waals surface area contributed by atoms with Crippen molar-refractivity contribution in [2.24, 2.45) is 0 Å². The van der Waals surface area contributed by atoms with Crippen molar-refractivity contribution >= 4 is 5.82 Å². The van der Waals surface area contributed by atoms with Gasteiger partial charge in [0.2, 0.25) is 0 Å². The number of benzene rings is 1. The molecule has 2 heterocycles. The summed E-state index contributed by atoms with van der Waals surface area (Å²) < 4.78 is 14.3. The summed E-state index contributed by atoms with van der Waals surface area (Å²) in [5.41, 5.74) is 3.10. The Hall–Kier alpha value is -3.20. The van der Waals surface area contributed by atoms with E-state index in [0.717, 1.165) is 11.3 Å². The maximum atomic E-state index is 14.3. The molecule has 0 amide bonds. The van der Waals surface area contributed by atoms with Crippen LogP contribution in [-0.4, -0.2) is 15.2 Å². The van der Waals surface area contributed by atoms with Crippen LogP contribution in [0.25, 0.3) is 0 Å². The van der Waals surface area contributed by atoms with E-state index < -0.39 is 5.82 Å². The van der Waals surface area contributed by atoms with Gasteiger partial charge in [0.05, 0.1) is 17.0 Å². The van der Waals surface area contributed by atoms with Crippen LogP contribution in [0.3, 0.4) is 0 Å². The van der Waals surface area contributed by atoms with Gasteiger partial charge in [-0.2, -0.15) is 10.4 Å². The van der Waals surface area contributed by atoms with Gasteiger partial charge in [0.1, 0.15) is 17.7 Å². The molecule has 25 heavy (non-hydrogen) atoms. The first-order valence-corrected chi connectivity index (χ1v) is 7.98. The molecule has 1 atom stereocenters. The fraction of sp³-hybridized carbons (Fsp3) is 0.211. The zero-order valence-electron chi connectivity index (χ0n) is 14.0. The van der Waals surface area contributed by atoms with Crippen molar-refractivity contribution in [2.75, 3.05) is 5.32 Å². The molecule has 0 saturated heterocycles. The number of rotatable bonds is 5. The molecule has 0 aliphatic carbocycles. The van der Waals surface area contributed by atoms with E-state index in [4.69, 9.17) is 0 Å². The molecule has 0 spiro atoms. The monoisotopic (exact) mass is 335 g/mol. The number of aromatic amines is 1. The second kappa shape index (κ2) is 7.14. The molecule has 3 aromatic rings. The van der Waals surface area contributed by atoms with E-state index in [2.05, 4.69) is 20.5 Å². The van der Waals surface area contributed by atoms with Crippen molar-refractivity contribution in [3.63, 3.8) is 0 Å². The Morgan fingerprint density at radius 2 is 2.04 bits per heavy atom. The SMILES string of the molecule is Cc1cc(Cc2nc(N[C@@H](C)c3ccccc3)c(C#N)cc2F)n[nH]1. The minimum absolute atomic E-state index is 0.0632. The fourth-order valence-corrected chi connectivity index (χ4v) is 2.61. The number of halogens is 1. The van der Waals surface area contributed by atoms with Gasteiger partial charge in [-0.1, -0.05) is 30.3 Å². The van der Waals surface area contributed by atoms with Crippen LogP contribution in [0, 0.1) is 24.1 Å². The highest BCUT2D eigenvalue weighted by molar-refractivity contribution is 5.54. The van der Waals surface area contributed by atoms with Crippen LogP contribution in [0.4, 0.5) is 10.2 Å². The van der Waals surface area contributed by atoms with Crippen LogP contribution in [0.2, 0.25) is 0 Å². The normalized spacial score (nSPS) is 11.8. The first-order valence-electron chi connectivity index (χ1n) is 7.98. The van der Waals surface area contributed by atoms with Crippen LogP contribution in [0.15, 0.2) is 42.5 Å². The second-order valence-electron chi connectivity index (χ2n) is 5.92. The number of nitrogens with one attached hydrogen (secondary N) is 2. The van der Waals surface area contributed by atoms with Crippen LogP contribution < -0.4 is 5.32 Å². The molecule has 6 heteroatoms. The molecular weight excluding hydrogens is 317 g/mol. The standard InChI is InChI=1S/C19H18FN5/c1-12-8-16(25-24-12)10-18-17(20)9-15(11-21)19(23-18)22-13(2)14-6-4-3-5-7-14/h3-9,13H,10H2,1-2H3,(H,22,23)(H,24,25)/t13-/m0/s1. The number of nitrogens with zero attached hydrogens (tertiary/aromatic N) is 3. The maximum Gasteiger partial charge on any atom is 0.146 e. The van der Waals surface area contributed by atoms with Gasteiger partial charge in [0.25, 0.3) is 0 Å². The Labute approximate surface area is 145 Å². The van der Waals surface area contributed by atoms with Gasteiger partial charge in [-0.3, -0.25) is 5.10 Å². The molecule has 0 saturated carbocycles. The lowest BCUT2D eigenvalue weighted by molar-refractivity contribution is 0.602. The lowest BCUT2D eigenvalue weighted by Crippen LogP contribution is -2.11. The molecule has 0 aliphatic heterocycles. The Morgan fingerprint density at radius 1 is 1.28 bits per heavy atom. The molecule has 0 radical (unpaired) electrons. The van der Waals surface area contributed by atoms with E-state index in [1.165, 1.54) is 6.07 Å². The van der Waals surface area contributed by atoms with Crippen molar-refractivity contribution in [1.29, 1.82) is 5.26 Å². The Morgan fingerprint density at radius 3 is 2.68 bits per heavy atom. The Kier molecular flexibility index (Phi) is 4.75. The third-order valence-electron chi connectivity index (χ3n) is 3.93. The third-order valence-corrected chi connectivity index (χ3v) is 3.93. The number of hydrogen-bond acceptors (Lipinski definition) is 4. The smallest absolute Gasteiger partial charge is 0.146 e. The lowest BCUT2D eigenvalue weighted by Gasteiger charge is -2.17. The first-order chi connectivity index (χ1) is 12.1. The molecule has 0 unspecified atom stereocenters. The number of aryl methyl sites for hydroxylation is 1. The predicted octanol–water partition coefficient (Wildman–Crippen LogP) is 3.89. The highest BCUT2D eigenvalue weighted by Gasteiger charge is 2.15. The molecule has 2 N–H and O–H groups in total. The van der Waals surface area contributed by atoms with Gasteiger partial charge < -0.3 is 5.32 Å². The first kappa shape index (κ1) is 16.7.